The molecule has 0 aromatic heterocycles. The average molecular weight is 337 g/mol. The van der Waals surface area contributed by atoms with Crippen LogP contribution in [0.15, 0.2) is 53.0 Å². The largest absolute Gasteiger partial charge is 0.493 e. The third-order valence-electron chi connectivity index (χ3n) is 2.80. The topological polar surface area (TPSA) is 26.3 Å². The molecule has 20 heavy (non-hydrogen) atoms. The second kappa shape index (κ2) is 7.20. The van der Waals surface area contributed by atoms with Gasteiger partial charge in [-0.05, 0) is 29.8 Å². The molecular weight excluding hydrogens is 323 g/mol. The fourth-order valence-electron chi connectivity index (χ4n) is 1.77. The molecule has 0 radical (unpaired) electrons. The van der Waals surface area contributed by atoms with Crippen molar-refractivity contribution in [2.75, 3.05) is 6.61 Å². The minimum atomic E-state index is -0.364. The minimum absolute atomic E-state index is 0.0397. The average Bonchev–Trinajstić information content (AvgIpc) is 2.43. The van der Waals surface area contributed by atoms with E-state index < -0.39 is 0 Å². The summed E-state index contributed by atoms with van der Waals surface area (Å²) < 4.78 is 19.7. The Morgan fingerprint density at radius 2 is 1.90 bits per heavy atom. The molecule has 2 aromatic rings. The van der Waals surface area contributed by atoms with E-state index in [-0.39, 0.29) is 24.4 Å². The van der Waals surface area contributed by atoms with E-state index in [9.17, 15) is 9.18 Å². The van der Waals surface area contributed by atoms with Crippen LogP contribution < -0.4 is 4.74 Å². The highest BCUT2D eigenvalue weighted by Gasteiger charge is 2.09. The molecule has 0 bridgehead atoms. The first kappa shape index (κ1) is 14.7. The quantitative estimate of drug-likeness (QED) is 0.791. The van der Waals surface area contributed by atoms with Crippen molar-refractivity contribution in [2.24, 2.45) is 0 Å². The summed E-state index contributed by atoms with van der Waals surface area (Å²) >= 11 is 3.19. The van der Waals surface area contributed by atoms with Gasteiger partial charge in [-0.25, -0.2) is 4.39 Å². The SMILES string of the molecule is O=C(CCOc1ccccc1)Cc1ccc(Br)cc1F. The molecule has 2 nitrogen and oxygen atoms in total. The number of carbonyl (C=O) groups excluding carboxylic acids is 1. The van der Waals surface area contributed by atoms with Crippen LogP contribution >= 0.6 is 15.9 Å². The van der Waals surface area contributed by atoms with Gasteiger partial charge in [-0.1, -0.05) is 40.2 Å². The summed E-state index contributed by atoms with van der Waals surface area (Å²) in [5, 5.41) is 0. The first-order valence-corrected chi connectivity index (χ1v) is 7.08. The number of ether oxygens (including phenoxy) is 1. The highest BCUT2D eigenvalue weighted by atomic mass is 79.9. The van der Waals surface area contributed by atoms with Gasteiger partial charge in [-0.2, -0.15) is 0 Å². The van der Waals surface area contributed by atoms with Crippen molar-refractivity contribution in [1.29, 1.82) is 0 Å². The first-order chi connectivity index (χ1) is 9.65. The van der Waals surface area contributed by atoms with Crippen molar-refractivity contribution in [3.8, 4) is 5.75 Å². The lowest BCUT2D eigenvalue weighted by atomic mass is 10.1. The van der Waals surface area contributed by atoms with E-state index in [0.717, 1.165) is 5.75 Å². The number of halogens is 2. The van der Waals surface area contributed by atoms with Gasteiger partial charge in [0, 0.05) is 17.3 Å². The van der Waals surface area contributed by atoms with Gasteiger partial charge >= 0.3 is 0 Å². The Kier molecular flexibility index (Phi) is 5.30. The van der Waals surface area contributed by atoms with Gasteiger partial charge in [0.15, 0.2) is 0 Å². The molecule has 0 aliphatic rings. The Balaban J connectivity index is 1.81. The van der Waals surface area contributed by atoms with Crippen molar-refractivity contribution in [2.45, 2.75) is 12.8 Å². The van der Waals surface area contributed by atoms with Crippen LogP contribution in [0.5, 0.6) is 5.75 Å². The summed E-state index contributed by atoms with van der Waals surface area (Å²) in [7, 11) is 0. The molecule has 4 heteroatoms. The van der Waals surface area contributed by atoms with Gasteiger partial charge < -0.3 is 4.74 Å². The Bertz CT molecular complexity index is 584. The van der Waals surface area contributed by atoms with Crippen LogP contribution in [0, 0.1) is 5.82 Å². The Morgan fingerprint density at radius 1 is 1.15 bits per heavy atom. The lowest BCUT2D eigenvalue weighted by Crippen LogP contribution is -2.09. The van der Waals surface area contributed by atoms with Crippen LogP contribution in [0.25, 0.3) is 0 Å². The van der Waals surface area contributed by atoms with Crippen LogP contribution in [-0.2, 0) is 11.2 Å². The van der Waals surface area contributed by atoms with Crippen LogP contribution in [0.2, 0.25) is 0 Å². The fourth-order valence-corrected chi connectivity index (χ4v) is 2.10. The normalized spacial score (nSPS) is 10.3. The highest BCUT2D eigenvalue weighted by Crippen LogP contribution is 2.16. The van der Waals surface area contributed by atoms with Crippen molar-refractivity contribution < 1.29 is 13.9 Å². The molecular formula is C16H14BrFO2. The molecule has 0 unspecified atom stereocenters. The fraction of sp³-hybridized carbons (Fsp3) is 0.188. The molecule has 0 aliphatic carbocycles. The molecule has 0 aliphatic heterocycles. The van der Waals surface area contributed by atoms with Gasteiger partial charge in [0.25, 0.3) is 0 Å². The summed E-state index contributed by atoms with van der Waals surface area (Å²) in [4.78, 5) is 11.8. The summed E-state index contributed by atoms with van der Waals surface area (Å²) in [5.74, 6) is 0.328. The van der Waals surface area contributed by atoms with Gasteiger partial charge in [-0.3, -0.25) is 4.79 Å². The van der Waals surface area contributed by atoms with Crippen molar-refractivity contribution >= 4 is 21.7 Å². The summed E-state index contributed by atoms with van der Waals surface area (Å²) in [6, 6.07) is 14.0. The number of rotatable bonds is 6. The van der Waals surface area contributed by atoms with Crippen LogP contribution in [0.1, 0.15) is 12.0 Å². The lowest BCUT2D eigenvalue weighted by Gasteiger charge is -2.06. The third kappa shape index (κ3) is 4.46. The number of hydrogen-bond acceptors (Lipinski definition) is 2. The highest BCUT2D eigenvalue weighted by molar-refractivity contribution is 9.10. The first-order valence-electron chi connectivity index (χ1n) is 6.28. The van der Waals surface area contributed by atoms with E-state index in [1.54, 1.807) is 12.1 Å². The second-order valence-electron chi connectivity index (χ2n) is 4.36. The molecule has 0 fully saturated rings. The molecule has 2 aromatic carbocycles. The van der Waals surface area contributed by atoms with Crippen LogP contribution in [-0.4, -0.2) is 12.4 Å². The molecule has 0 spiro atoms. The molecule has 0 atom stereocenters. The second-order valence-corrected chi connectivity index (χ2v) is 5.28. The van der Waals surface area contributed by atoms with Crippen molar-refractivity contribution in [1.82, 2.24) is 0 Å². The Morgan fingerprint density at radius 3 is 2.60 bits per heavy atom. The minimum Gasteiger partial charge on any atom is -0.493 e. The number of benzene rings is 2. The van der Waals surface area contributed by atoms with Gasteiger partial charge in [0.1, 0.15) is 17.3 Å². The lowest BCUT2D eigenvalue weighted by molar-refractivity contribution is -0.118. The monoisotopic (exact) mass is 336 g/mol. The standard InChI is InChI=1S/C16H14BrFO2/c17-13-7-6-12(16(18)11-13)10-14(19)8-9-20-15-4-2-1-3-5-15/h1-7,11H,8-10H2. The van der Waals surface area contributed by atoms with Crippen LogP contribution in [0.3, 0.4) is 0 Å². The maximum absolute atomic E-state index is 13.6. The molecule has 0 saturated carbocycles. The Labute approximate surface area is 125 Å². The number of para-hydroxylation sites is 1. The van der Waals surface area contributed by atoms with Crippen LogP contribution in [0.4, 0.5) is 4.39 Å². The molecule has 0 amide bonds. The number of Topliss-reactive ketones (excluding diaryl/α,β-unsaturated/α-hetero) is 1. The number of hydrogen-bond donors (Lipinski definition) is 0. The summed E-state index contributed by atoms with van der Waals surface area (Å²) in [5.41, 5.74) is 0.415. The third-order valence-corrected chi connectivity index (χ3v) is 3.29. The van der Waals surface area contributed by atoms with E-state index in [4.69, 9.17) is 4.74 Å². The zero-order chi connectivity index (χ0) is 14.4. The predicted molar refractivity (Wildman–Crippen MR) is 79.4 cm³/mol. The summed E-state index contributed by atoms with van der Waals surface area (Å²) in [6.45, 7) is 0.307. The molecule has 2 rings (SSSR count). The Hall–Kier alpha value is -1.68. The molecule has 0 N–H and O–H groups in total. The summed E-state index contributed by atoms with van der Waals surface area (Å²) in [6.07, 6.45) is 0.363. The number of ketones is 1. The predicted octanol–water partition coefficient (Wildman–Crippen LogP) is 4.17. The van der Waals surface area contributed by atoms with E-state index in [1.807, 2.05) is 30.3 Å². The smallest absolute Gasteiger partial charge is 0.140 e. The molecule has 0 saturated heterocycles. The van der Waals surface area contributed by atoms with Gasteiger partial charge in [0.2, 0.25) is 0 Å². The van der Waals surface area contributed by atoms with E-state index in [0.29, 0.717) is 16.6 Å². The maximum atomic E-state index is 13.6. The van der Waals surface area contributed by atoms with Crippen molar-refractivity contribution in [3.63, 3.8) is 0 Å². The van der Waals surface area contributed by atoms with E-state index in [1.165, 1.54) is 6.07 Å². The van der Waals surface area contributed by atoms with Gasteiger partial charge in [0.05, 0.1) is 6.61 Å². The zero-order valence-electron chi connectivity index (χ0n) is 10.8. The van der Waals surface area contributed by atoms with Crippen molar-refractivity contribution in [3.05, 3.63) is 64.4 Å². The van der Waals surface area contributed by atoms with Gasteiger partial charge in [-0.15, -0.1) is 0 Å². The van der Waals surface area contributed by atoms with E-state index >= 15 is 0 Å². The molecule has 0 heterocycles. The van der Waals surface area contributed by atoms with E-state index in [2.05, 4.69) is 15.9 Å². The number of carbonyl (C=O) groups is 1. The maximum Gasteiger partial charge on any atom is 0.140 e. The zero-order valence-corrected chi connectivity index (χ0v) is 12.4. The molecule has 104 valence electrons.